The predicted molar refractivity (Wildman–Crippen MR) is 95.9 cm³/mol. The van der Waals surface area contributed by atoms with Crippen LogP contribution in [0.1, 0.15) is 44.7 Å². The van der Waals surface area contributed by atoms with E-state index in [4.69, 9.17) is 0 Å². The fourth-order valence-corrected chi connectivity index (χ4v) is 4.05. The van der Waals surface area contributed by atoms with Gasteiger partial charge in [0.1, 0.15) is 0 Å². The summed E-state index contributed by atoms with van der Waals surface area (Å²) in [7, 11) is -3.16. The van der Waals surface area contributed by atoms with Crippen LogP contribution in [0.2, 0.25) is 0 Å². The topological polar surface area (TPSA) is 66.5 Å². The van der Waals surface area contributed by atoms with Crippen molar-refractivity contribution in [2.75, 3.05) is 19.3 Å². The lowest BCUT2D eigenvalue weighted by atomic mass is 9.93. The van der Waals surface area contributed by atoms with E-state index in [1.807, 2.05) is 30.3 Å². The summed E-state index contributed by atoms with van der Waals surface area (Å²) in [6, 6.07) is 10.0. The molecule has 1 atom stereocenters. The molecule has 1 fully saturated rings. The minimum absolute atomic E-state index is 0.00615. The second-order valence-electron chi connectivity index (χ2n) is 7.04. The lowest BCUT2D eigenvalue weighted by molar-refractivity contribution is -0.127. The van der Waals surface area contributed by atoms with Crippen LogP contribution in [0.5, 0.6) is 0 Å². The molecular weight excluding hydrogens is 324 g/mol. The molecule has 1 aromatic rings. The van der Waals surface area contributed by atoms with Crippen LogP contribution in [0.15, 0.2) is 30.3 Å². The van der Waals surface area contributed by atoms with E-state index in [2.05, 4.69) is 19.2 Å². The Morgan fingerprint density at radius 3 is 2.29 bits per heavy atom. The molecule has 0 spiro atoms. The fourth-order valence-electron chi connectivity index (χ4n) is 3.17. The summed E-state index contributed by atoms with van der Waals surface area (Å²) >= 11 is 0. The third-order valence-corrected chi connectivity index (χ3v) is 5.82. The maximum atomic E-state index is 12.6. The molecule has 0 bridgehead atoms. The normalized spacial score (nSPS) is 18.5. The van der Waals surface area contributed by atoms with Gasteiger partial charge in [-0.2, -0.15) is 0 Å². The molecule has 6 heteroatoms. The molecule has 1 aromatic carbocycles. The molecule has 1 aliphatic heterocycles. The van der Waals surface area contributed by atoms with Crippen LogP contribution < -0.4 is 5.32 Å². The van der Waals surface area contributed by atoms with Crippen molar-refractivity contribution >= 4 is 15.9 Å². The average molecular weight is 353 g/mol. The van der Waals surface area contributed by atoms with Crippen LogP contribution in [-0.2, 0) is 14.8 Å². The summed E-state index contributed by atoms with van der Waals surface area (Å²) in [4.78, 5) is 12.6. The maximum Gasteiger partial charge on any atom is 0.223 e. The second kappa shape index (κ2) is 8.12. The van der Waals surface area contributed by atoms with E-state index in [9.17, 15) is 13.2 Å². The molecule has 0 saturated carbocycles. The first kappa shape index (κ1) is 18.9. The third-order valence-electron chi connectivity index (χ3n) is 4.52. The predicted octanol–water partition coefficient (Wildman–Crippen LogP) is 2.56. The van der Waals surface area contributed by atoms with Crippen molar-refractivity contribution in [3.63, 3.8) is 0 Å². The van der Waals surface area contributed by atoms with Crippen LogP contribution >= 0.6 is 0 Å². The standard InChI is InChI=1S/C18H28N2O3S/c1-14(2)13-17(15-7-5-4-6-8-15)19-18(21)16-9-11-20(12-10-16)24(3,22)23/h4-8,14,16-17H,9-13H2,1-3H3,(H,19,21). The highest BCUT2D eigenvalue weighted by Crippen LogP contribution is 2.24. The van der Waals surface area contributed by atoms with Gasteiger partial charge in [-0.1, -0.05) is 44.2 Å². The van der Waals surface area contributed by atoms with Crippen LogP contribution in [0, 0.1) is 11.8 Å². The Morgan fingerprint density at radius 2 is 1.79 bits per heavy atom. The number of rotatable bonds is 6. The Morgan fingerprint density at radius 1 is 1.21 bits per heavy atom. The lowest BCUT2D eigenvalue weighted by Crippen LogP contribution is -2.43. The van der Waals surface area contributed by atoms with Crippen molar-refractivity contribution in [1.82, 2.24) is 9.62 Å². The Kier molecular flexibility index (Phi) is 6.40. The number of sulfonamides is 1. The monoisotopic (exact) mass is 352 g/mol. The van der Waals surface area contributed by atoms with Crippen molar-refractivity contribution in [1.29, 1.82) is 0 Å². The van der Waals surface area contributed by atoms with Gasteiger partial charge in [-0.25, -0.2) is 12.7 Å². The number of hydrogen-bond acceptors (Lipinski definition) is 3. The minimum atomic E-state index is -3.16. The zero-order chi connectivity index (χ0) is 17.7. The van der Waals surface area contributed by atoms with Crippen molar-refractivity contribution in [2.45, 2.75) is 39.2 Å². The molecule has 1 aliphatic rings. The highest BCUT2D eigenvalue weighted by Gasteiger charge is 2.30. The molecular formula is C18H28N2O3S. The van der Waals surface area contributed by atoms with E-state index < -0.39 is 10.0 Å². The Bertz CT molecular complexity index is 635. The highest BCUT2D eigenvalue weighted by atomic mass is 32.2. The van der Waals surface area contributed by atoms with E-state index in [1.54, 1.807) is 0 Å². The SMILES string of the molecule is CC(C)CC(NC(=O)C1CCN(S(C)(=O)=O)CC1)c1ccccc1. The van der Waals surface area contributed by atoms with E-state index in [0.717, 1.165) is 12.0 Å². The highest BCUT2D eigenvalue weighted by molar-refractivity contribution is 7.88. The first-order valence-corrected chi connectivity index (χ1v) is 10.4. The first-order chi connectivity index (χ1) is 11.3. The zero-order valence-corrected chi connectivity index (χ0v) is 15.6. The maximum absolute atomic E-state index is 12.6. The van der Waals surface area contributed by atoms with Gasteiger partial charge in [0.05, 0.1) is 12.3 Å². The van der Waals surface area contributed by atoms with Gasteiger partial charge in [0, 0.05) is 19.0 Å². The number of hydrogen-bond donors (Lipinski definition) is 1. The van der Waals surface area contributed by atoms with Gasteiger partial charge in [0.15, 0.2) is 0 Å². The summed E-state index contributed by atoms with van der Waals surface area (Å²) in [6.45, 7) is 5.15. The van der Waals surface area contributed by atoms with Crippen LogP contribution in [-0.4, -0.2) is 38.0 Å². The van der Waals surface area contributed by atoms with Crippen LogP contribution in [0.25, 0.3) is 0 Å². The largest absolute Gasteiger partial charge is 0.349 e. The van der Waals surface area contributed by atoms with Crippen molar-refractivity contribution in [3.8, 4) is 0 Å². The Hall–Kier alpha value is -1.40. The molecule has 0 aliphatic carbocycles. The number of carbonyl (C=O) groups is 1. The molecule has 1 unspecified atom stereocenters. The van der Waals surface area contributed by atoms with Crippen molar-refractivity contribution in [2.24, 2.45) is 11.8 Å². The molecule has 1 saturated heterocycles. The van der Waals surface area contributed by atoms with Crippen LogP contribution in [0.3, 0.4) is 0 Å². The van der Waals surface area contributed by atoms with Gasteiger partial charge in [-0.05, 0) is 30.7 Å². The molecule has 1 amide bonds. The van der Waals surface area contributed by atoms with Gasteiger partial charge in [0.2, 0.25) is 15.9 Å². The molecule has 1 N–H and O–H groups in total. The summed E-state index contributed by atoms with van der Waals surface area (Å²) in [6.07, 6.45) is 3.28. The lowest BCUT2D eigenvalue weighted by Gasteiger charge is -2.31. The Balaban J connectivity index is 1.99. The van der Waals surface area contributed by atoms with Crippen LogP contribution in [0.4, 0.5) is 0 Å². The molecule has 1 heterocycles. The summed E-state index contributed by atoms with van der Waals surface area (Å²) < 4.78 is 24.6. The third kappa shape index (κ3) is 5.31. The number of piperidine rings is 1. The number of nitrogens with zero attached hydrogens (tertiary/aromatic N) is 1. The van der Waals surface area contributed by atoms with E-state index in [-0.39, 0.29) is 17.9 Å². The summed E-state index contributed by atoms with van der Waals surface area (Å²) in [5.41, 5.74) is 1.12. The van der Waals surface area contributed by atoms with Gasteiger partial charge >= 0.3 is 0 Å². The molecule has 134 valence electrons. The molecule has 2 rings (SSSR count). The molecule has 5 nitrogen and oxygen atoms in total. The Labute approximate surface area is 145 Å². The van der Waals surface area contributed by atoms with Crippen molar-refractivity contribution in [3.05, 3.63) is 35.9 Å². The summed E-state index contributed by atoms with van der Waals surface area (Å²) in [5, 5.41) is 3.18. The fraction of sp³-hybridized carbons (Fsp3) is 0.611. The van der Waals surface area contributed by atoms with E-state index in [0.29, 0.717) is 31.8 Å². The first-order valence-electron chi connectivity index (χ1n) is 8.58. The smallest absolute Gasteiger partial charge is 0.223 e. The zero-order valence-electron chi connectivity index (χ0n) is 14.7. The number of benzene rings is 1. The molecule has 0 aromatic heterocycles. The van der Waals surface area contributed by atoms with Crippen molar-refractivity contribution < 1.29 is 13.2 Å². The van der Waals surface area contributed by atoms with Gasteiger partial charge in [-0.15, -0.1) is 0 Å². The van der Waals surface area contributed by atoms with Gasteiger partial charge in [-0.3, -0.25) is 4.79 Å². The van der Waals surface area contributed by atoms with Gasteiger partial charge in [0.25, 0.3) is 0 Å². The molecule has 0 radical (unpaired) electrons. The quantitative estimate of drug-likeness (QED) is 0.856. The second-order valence-corrected chi connectivity index (χ2v) is 9.02. The van der Waals surface area contributed by atoms with E-state index >= 15 is 0 Å². The summed E-state index contributed by atoms with van der Waals surface area (Å²) in [5.74, 6) is 0.404. The molecule has 24 heavy (non-hydrogen) atoms. The minimum Gasteiger partial charge on any atom is -0.349 e. The number of nitrogens with one attached hydrogen (secondary N) is 1. The number of carbonyl (C=O) groups excluding carboxylic acids is 1. The van der Waals surface area contributed by atoms with Gasteiger partial charge < -0.3 is 5.32 Å². The average Bonchev–Trinajstić information content (AvgIpc) is 2.54. The number of amides is 1. The van der Waals surface area contributed by atoms with E-state index in [1.165, 1.54) is 10.6 Å².